The fourth-order valence-corrected chi connectivity index (χ4v) is 3.90. The van der Waals surface area contributed by atoms with Crippen LogP contribution < -0.4 is 10.1 Å². The molecule has 1 heterocycles. The maximum atomic E-state index is 12.4. The Labute approximate surface area is 167 Å². The van der Waals surface area contributed by atoms with Gasteiger partial charge < -0.3 is 19.9 Å². The van der Waals surface area contributed by atoms with Gasteiger partial charge >= 0.3 is 0 Å². The molecule has 1 aliphatic carbocycles. The standard InChI is InChI=1S/C23H29N3O2/c1-25-10-12-26(13-11-25)23(27)16-24-22-15-21(22)18-8-6-17(7-9-18)19-4-3-5-20(14-19)28-2/h3-9,14,21-22,24H,10-13,15-16H2,1-2H3/t21?,22-/m0/s1. The van der Waals surface area contributed by atoms with Gasteiger partial charge in [0.15, 0.2) is 0 Å². The first-order valence-electron chi connectivity index (χ1n) is 10.1. The number of ether oxygens (including phenoxy) is 1. The highest BCUT2D eigenvalue weighted by atomic mass is 16.5. The van der Waals surface area contributed by atoms with E-state index in [0.717, 1.165) is 43.9 Å². The number of methoxy groups -OCH3 is 1. The normalized spacial score (nSPS) is 22.1. The summed E-state index contributed by atoms with van der Waals surface area (Å²) in [4.78, 5) is 16.6. The topological polar surface area (TPSA) is 44.8 Å². The fraction of sp³-hybridized carbons (Fsp3) is 0.435. The minimum absolute atomic E-state index is 0.229. The lowest BCUT2D eigenvalue weighted by Gasteiger charge is -2.32. The Morgan fingerprint density at radius 1 is 1.07 bits per heavy atom. The molecule has 5 heteroatoms. The summed E-state index contributed by atoms with van der Waals surface area (Å²) < 4.78 is 5.32. The molecular formula is C23H29N3O2. The largest absolute Gasteiger partial charge is 0.497 e. The molecule has 2 atom stereocenters. The van der Waals surface area contributed by atoms with E-state index in [1.54, 1.807) is 7.11 Å². The van der Waals surface area contributed by atoms with E-state index in [2.05, 4.69) is 53.7 Å². The van der Waals surface area contributed by atoms with Crippen LogP contribution in [0.3, 0.4) is 0 Å². The molecular weight excluding hydrogens is 350 g/mol. The van der Waals surface area contributed by atoms with Crippen LogP contribution >= 0.6 is 0 Å². The third-order valence-corrected chi connectivity index (χ3v) is 5.90. The average Bonchev–Trinajstić information content (AvgIpc) is 3.52. The molecule has 0 spiro atoms. The van der Waals surface area contributed by atoms with Gasteiger partial charge in [0.05, 0.1) is 13.7 Å². The predicted molar refractivity (Wildman–Crippen MR) is 112 cm³/mol. The molecule has 0 aromatic heterocycles. The Morgan fingerprint density at radius 2 is 1.82 bits per heavy atom. The van der Waals surface area contributed by atoms with Crippen molar-refractivity contribution >= 4 is 5.91 Å². The van der Waals surface area contributed by atoms with Gasteiger partial charge in [-0.05, 0) is 42.3 Å². The van der Waals surface area contributed by atoms with Crippen LogP contribution in [0.25, 0.3) is 11.1 Å². The van der Waals surface area contributed by atoms with Crippen molar-refractivity contribution in [1.29, 1.82) is 0 Å². The Hall–Kier alpha value is -2.37. The van der Waals surface area contributed by atoms with E-state index in [-0.39, 0.29) is 5.91 Å². The quantitative estimate of drug-likeness (QED) is 0.838. The first kappa shape index (κ1) is 19.0. The highest BCUT2D eigenvalue weighted by Gasteiger charge is 2.38. The number of hydrogen-bond acceptors (Lipinski definition) is 4. The summed E-state index contributed by atoms with van der Waals surface area (Å²) in [7, 11) is 3.80. The Balaban J connectivity index is 1.28. The van der Waals surface area contributed by atoms with Crippen LogP contribution in [-0.4, -0.2) is 68.6 Å². The monoisotopic (exact) mass is 379 g/mol. The number of piperazine rings is 1. The summed E-state index contributed by atoms with van der Waals surface area (Å²) in [6.07, 6.45) is 1.11. The van der Waals surface area contributed by atoms with Crippen LogP contribution in [0.15, 0.2) is 48.5 Å². The van der Waals surface area contributed by atoms with Gasteiger partial charge in [-0.25, -0.2) is 0 Å². The lowest BCUT2D eigenvalue weighted by Crippen LogP contribution is -2.49. The van der Waals surface area contributed by atoms with Crippen molar-refractivity contribution in [3.8, 4) is 16.9 Å². The van der Waals surface area contributed by atoms with Gasteiger partial charge in [-0.2, -0.15) is 0 Å². The van der Waals surface area contributed by atoms with Crippen LogP contribution in [0, 0.1) is 0 Å². The zero-order valence-electron chi connectivity index (χ0n) is 16.7. The number of carbonyl (C=O) groups excluding carboxylic acids is 1. The Kier molecular flexibility index (Phi) is 5.64. The van der Waals surface area contributed by atoms with Crippen LogP contribution in [0.2, 0.25) is 0 Å². The van der Waals surface area contributed by atoms with E-state index in [1.807, 2.05) is 17.0 Å². The molecule has 1 amide bonds. The van der Waals surface area contributed by atoms with E-state index in [4.69, 9.17) is 4.74 Å². The van der Waals surface area contributed by atoms with Gasteiger partial charge in [0.2, 0.25) is 5.91 Å². The van der Waals surface area contributed by atoms with Crippen LogP contribution in [0.4, 0.5) is 0 Å². The summed E-state index contributed by atoms with van der Waals surface area (Å²) in [5, 5.41) is 3.45. The molecule has 1 saturated carbocycles. The molecule has 2 aliphatic rings. The van der Waals surface area contributed by atoms with E-state index >= 15 is 0 Å². The van der Waals surface area contributed by atoms with Gasteiger partial charge in [-0.1, -0.05) is 36.4 Å². The van der Waals surface area contributed by atoms with E-state index in [0.29, 0.717) is 18.5 Å². The molecule has 1 unspecified atom stereocenters. The first-order valence-corrected chi connectivity index (χ1v) is 10.1. The minimum atomic E-state index is 0.229. The van der Waals surface area contributed by atoms with E-state index in [9.17, 15) is 4.79 Å². The lowest BCUT2D eigenvalue weighted by atomic mass is 10.0. The summed E-state index contributed by atoms with van der Waals surface area (Å²) in [5.41, 5.74) is 3.70. The smallest absolute Gasteiger partial charge is 0.236 e. The predicted octanol–water partition coefficient (Wildman–Crippen LogP) is 2.58. The lowest BCUT2D eigenvalue weighted by molar-refractivity contribution is -0.131. The second kappa shape index (κ2) is 8.33. The number of likely N-dealkylation sites (N-methyl/N-ethyl adjacent to an activating group) is 1. The fourth-order valence-electron chi connectivity index (χ4n) is 3.90. The third-order valence-electron chi connectivity index (χ3n) is 5.90. The summed E-state index contributed by atoms with van der Waals surface area (Å²) in [6.45, 7) is 4.08. The SMILES string of the molecule is COc1cccc(-c2ccc(C3C[C@@H]3NCC(=O)N3CCN(C)CC3)cc2)c1. The van der Waals surface area contributed by atoms with Crippen molar-refractivity contribution in [3.63, 3.8) is 0 Å². The highest BCUT2D eigenvalue weighted by molar-refractivity contribution is 5.78. The number of hydrogen-bond donors (Lipinski definition) is 1. The molecule has 148 valence electrons. The van der Waals surface area contributed by atoms with Crippen molar-refractivity contribution in [2.24, 2.45) is 0 Å². The maximum absolute atomic E-state index is 12.4. The Bertz CT molecular complexity index is 813. The van der Waals surface area contributed by atoms with Gasteiger partial charge in [0, 0.05) is 38.1 Å². The zero-order valence-corrected chi connectivity index (χ0v) is 16.7. The molecule has 4 rings (SSSR count). The van der Waals surface area contributed by atoms with Crippen LogP contribution in [-0.2, 0) is 4.79 Å². The first-order chi connectivity index (χ1) is 13.6. The van der Waals surface area contributed by atoms with Gasteiger partial charge in [0.25, 0.3) is 0 Å². The highest BCUT2D eigenvalue weighted by Crippen LogP contribution is 2.41. The second-order valence-electron chi connectivity index (χ2n) is 7.87. The molecule has 28 heavy (non-hydrogen) atoms. The number of benzene rings is 2. The van der Waals surface area contributed by atoms with Crippen LogP contribution in [0.1, 0.15) is 17.9 Å². The van der Waals surface area contributed by atoms with Crippen molar-refractivity contribution in [2.45, 2.75) is 18.4 Å². The number of carbonyl (C=O) groups is 1. The van der Waals surface area contributed by atoms with Crippen molar-refractivity contribution in [2.75, 3.05) is 46.9 Å². The van der Waals surface area contributed by atoms with Crippen molar-refractivity contribution in [3.05, 3.63) is 54.1 Å². The molecule has 1 N–H and O–H groups in total. The summed E-state index contributed by atoms with van der Waals surface area (Å²) in [6, 6.07) is 17.3. The van der Waals surface area contributed by atoms with Crippen LogP contribution in [0.5, 0.6) is 5.75 Å². The molecule has 0 radical (unpaired) electrons. The van der Waals surface area contributed by atoms with E-state index in [1.165, 1.54) is 11.1 Å². The molecule has 0 bridgehead atoms. The summed E-state index contributed by atoms with van der Waals surface area (Å²) in [5.74, 6) is 1.62. The summed E-state index contributed by atoms with van der Waals surface area (Å²) >= 11 is 0. The molecule has 1 aliphatic heterocycles. The second-order valence-corrected chi connectivity index (χ2v) is 7.87. The van der Waals surface area contributed by atoms with Gasteiger partial charge in [-0.3, -0.25) is 4.79 Å². The molecule has 2 aromatic rings. The number of amides is 1. The zero-order chi connectivity index (χ0) is 19.5. The van der Waals surface area contributed by atoms with Crippen molar-refractivity contribution < 1.29 is 9.53 Å². The molecule has 2 fully saturated rings. The number of rotatable bonds is 6. The van der Waals surface area contributed by atoms with Gasteiger partial charge in [0.1, 0.15) is 5.75 Å². The number of nitrogens with zero attached hydrogens (tertiary/aromatic N) is 2. The van der Waals surface area contributed by atoms with Gasteiger partial charge in [-0.15, -0.1) is 0 Å². The molecule has 5 nitrogen and oxygen atoms in total. The minimum Gasteiger partial charge on any atom is -0.497 e. The molecule has 1 saturated heterocycles. The average molecular weight is 380 g/mol. The third kappa shape index (κ3) is 4.37. The van der Waals surface area contributed by atoms with E-state index < -0.39 is 0 Å². The van der Waals surface area contributed by atoms with Crippen molar-refractivity contribution in [1.82, 2.24) is 15.1 Å². The maximum Gasteiger partial charge on any atom is 0.236 e. The molecule has 2 aromatic carbocycles. The Morgan fingerprint density at radius 3 is 2.54 bits per heavy atom. The number of nitrogens with one attached hydrogen (secondary N) is 1.